The summed E-state index contributed by atoms with van der Waals surface area (Å²) in [5.41, 5.74) is 14.0. The zero-order valence-electron chi connectivity index (χ0n) is 18.4. The van der Waals surface area contributed by atoms with Crippen molar-refractivity contribution in [2.24, 2.45) is 5.73 Å². The zero-order valence-corrected chi connectivity index (χ0v) is 19.1. The molecular weight excluding hydrogens is 462 g/mol. The molecule has 1 unspecified atom stereocenters. The Kier molecular flexibility index (Phi) is 6.23. The van der Waals surface area contributed by atoms with Gasteiger partial charge in [0, 0.05) is 17.2 Å². The number of nitrogens with two attached hydrogens (primary N) is 2. The average Bonchev–Trinajstić information content (AvgIpc) is 3.14. The molecule has 10 heteroatoms. The Balaban J connectivity index is 1.86. The SMILES string of the molecule is CC(C)(O)C#Cc1ccc(-c2ccc(Cl)n3c(N)nnc23)c(C(N)Cc2cc(F)cc(F)c2)n1. The van der Waals surface area contributed by atoms with Gasteiger partial charge in [-0.1, -0.05) is 17.5 Å². The number of rotatable bonds is 4. The molecule has 0 fully saturated rings. The number of halogens is 3. The number of fused-ring (bicyclic) bond motifs is 1. The van der Waals surface area contributed by atoms with Crippen molar-refractivity contribution in [3.63, 3.8) is 0 Å². The van der Waals surface area contributed by atoms with Crippen molar-refractivity contribution in [2.75, 3.05) is 5.73 Å². The minimum atomic E-state index is -1.22. The van der Waals surface area contributed by atoms with E-state index in [-0.39, 0.29) is 12.4 Å². The molecule has 0 aliphatic heterocycles. The monoisotopic (exact) mass is 482 g/mol. The first-order valence-corrected chi connectivity index (χ1v) is 10.7. The molecule has 3 heterocycles. The number of aromatic nitrogens is 4. The van der Waals surface area contributed by atoms with Gasteiger partial charge in [-0.2, -0.15) is 0 Å². The van der Waals surface area contributed by atoms with Gasteiger partial charge in [0.25, 0.3) is 0 Å². The van der Waals surface area contributed by atoms with E-state index in [2.05, 4.69) is 27.0 Å². The summed E-state index contributed by atoms with van der Waals surface area (Å²) in [6, 6.07) is 9.31. The van der Waals surface area contributed by atoms with E-state index in [1.54, 1.807) is 38.1 Å². The second-order valence-electron chi connectivity index (χ2n) is 8.31. The molecule has 1 aromatic carbocycles. The molecule has 0 saturated heterocycles. The van der Waals surface area contributed by atoms with Gasteiger partial charge in [-0.25, -0.2) is 13.8 Å². The van der Waals surface area contributed by atoms with E-state index in [1.807, 2.05) is 0 Å². The Morgan fingerprint density at radius 3 is 2.44 bits per heavy atom. The Morgan fingerprint density at radius 1 is 1.09 bits per heavy atom. The molecule has 174 valence electrons. The predicted octanol–water partition coefficient (Wildman–Crippen LogP) is 3.67. The minimum Gasteiger partial charge on any atom is -0.378 e. The lowest BCUT2D eigenvalue weighted by atomic mass is 9.96. The number of anilines is 1. The third-order valence-corrected chi connectivity index (χ3v) is 5.27. The molecule has 4 rings (SSSR count). The standard InChI is InChI=1S/C24H21ClF2N6O/c1-24(2,34)8-7-16-3-4-17(18-5-6-20(25)33-22(18)31-32-23(33)29)21(30-16)19(28)11-13-9-14(26)12-15(27)10-13/h3-6,9-10,12,19,34H,11,28H2,1-2H3,(H2,29,32). The van der Waals surface area contributed by atoms with Gasteiger partial charge in [0.2, 0.25) is 5.95 Å². The number of nitrogens with zero attached hydrogens (tertiary/aromatic N) is 4. The lowest BCUT2D eigenvalue weighted by molar-refractivity contribution is 0.143. The minimum absolute atomic E-state index is 0.107. The molecule has 34 heavy (non-hydrogen) atoms. The fraction of sp³-hybridized carbons (Fsp3) is 0.208. The quantitative estimate of drug-likeness (QED) is 0.302. The summed E-state index contributed by atoms with van der Waals surface area (Å²) >= 11 is 6.26. The van der Waals surface area contributed by atoms with E-state index in [1.165, 1.54) is 16.5 Å². The second kappa shape index (κ2) is 8.99. The lowest BCUT2D eigenvalue weighted by Gasteiger charge is -2.17. The van der Waals surface area contributed by atoms with Crippen molar-refractivity contribution < 1.29 is 13.9 Å². The molecule has 0 aliphatic carbocycles. The molecule has 0 saturated carbocycles. The van der Waals surface area contributed by atoms with Crippen LogP contribution in [0.3, 0.4) is 0 Å². The van der Waals surface area contributed by atoms with Crippen LogP contribution >= 0.6 is 11.6 Å². The Bertz CT molecular complexity index is 1430. The van der Waals surface area contributed by atoms with Gasteiger partial charge >= 0.3 is 0 Å². The largest absolute Gasteiger partial charge is 0.378 e. The van der Waals surface area contributed by atoms with E-state index in [0.717, 1.165) is 6.07 Å². The maximum atomic E-state index is 13.7. The van der Waals surface area contributed by atoms with Crippen molar-refractivity contribution in [1.82, 2.24) is 19.6 Å². The molecule has 0 amide bonds. The van der Waals surface area contributed by atoms with Gasteiger partial charge < -0.3 is 16.6 Å². The number of benzene rings is 1. The summed E-state index contributed by atoms with van der Waals surface area (Å²) in [6.45, 7) is 3.11. The third kappa shape index (κ3) is 4.99. The maximum absolute atomic E-state index is 13.7. The fourth-order valence-electron chi connectivity index (χ4n) is 3.54. The average molecular weight is 483 g/mol. The van der Waals surface area contributed by atoms with E-state index >= 15 is 0 Å². The molecule has 3 aromatic heterocycles. The van der Waals surface area contributed by atoms with Crippen LogP contribution in [0.25, 0.3) is 16.8 Å². The molecule has 0 radical (unpaired) electrons. The van der Waals surface area contributed by atoms with Gasteiger partial charge in [-0.3, -0.25) is 4.40 Å². The normalized spacial score (nSPS) is 12.4. The van der Waals surface area contributed by atoms with Gasteiger partial charge in [0.1, 0.15) is 28.1 Å². The highest BCUT2D eigenvalue weighted by molar-refractivity contribution is 6.30. The summed E-state index contributed by atoms with van der Waals surface area (Å²) in [6.07, 6.45) is 0.107. The molecule has 0 spiro atoms. The Labute approximate surface area is 199 Å². The van der Waals surface area contributed by atoms with Crippen LogP contribution in [0, 0.1) is 23.5 Å². The summed E-state index contributed by atoms with van der Waals surface area (Å²) in [5.74, 6) is 4.26. The fourth-order valence-corrected chi connectivity index (χ4v) is 3.77. The van der Waals surface area contributed by atoms with E-state index in [9.17, 15) is 13.9 Å². The van der Waals surface area contributed by atoms with Crippen molar-refractivity contribution >= 4 is 23.2 Å². The first-order valence-electron chi connectivity index (χ1n) is 10.3. The van der Waals surface area contributed by atoms with Crippen LogP contribution in [0.15, 0.2) is 42.5 Å². The van der Waals surface area contributed by atoms with E-state index < -0.39 is 23.3 Å². The van der Waals surface area contributed by atoms with Gasteiger partial charge in [-0.15, -0.1) is 10.2 Å². The maximum Gasteiger partial charge on any atom is 0.227 e. The summed E-state index contributed by atoms with van der Waals surface area (Å²) in [5, 5.41) is 18.3. The van der Waals surface area contributed by atoms with Crippen molar-refractivity contribution in [3.05, 3.63) is 76.2 Å². The molecule has 0 aliphatic rings. The van der Waals surface area contributed by atoms with Gasteiger partial charge in [0.05, 0.1) is 11.7 Å². The van der Waals surface area contributed by atoms with Crippen LogP contribution in [0.1, 0.15) is 36.8 Å². The summed E-state index contributed by atoms with van der Waals surface area (Å²) in [4.78, 5) is 4.61. The highest BCUT2D eigenvalue weighted by Crippen LogP contribution is 2.33. The van der Waals surface area contributed by atoms with Crippen molar-refractivity contribution in [1.29, 1.82) is 0 Å². The van der Waals surface area contributed by atoms with Crippen molar-refractivity contribution in [3.8, 4) is 23.0 Å². The van der Waals surface area contributed by atoms with Crippen LogP contribution in [0.2, 0.25) is 5.15 Å². The predicted molar refractivity (Wildman–Crippen MR) is 126 cm³/mol. The van der Waals surface area contributed by atoms with Crippen LogP contribution in [0.4, 0.5) is 14.7 Å². The Morgan fingerprint density at radius 2 is 1.76 bits per heavy atom. The number of pyridine rings is 2. The van der Waals surface area contributed by atoms with Crippen LogP contribution in [0.5, 0.6) is 0 Å². The number of nitrogen functional groups attached to an aromatic ring is 1. The van der Waals surface area contributed by atoms with Crippen LogP contribution in [-0.4, -0.2) is 30.3 Å². The zero-order chi connectivity index (χ0) is 24.6. The molecule has 0 bridgehead atoms. The number of aliphatic hydroxyl groups is 1. The molecular formula is C24H21ClF2N6O. The highest BCUT2D eigenvalue weighted by Gasteiger charge is 2.20. The van der Waals surface area contributed by atoms with Crippen LogP contribution in [-0.2, 0) is 6.42 Å². The summed E-state index contributed by atoms with van der Waals surface area (Å²) in [7, 11) is 0. The van der Waals surface area contributed by atoms with Crippen LogP contribution < -0.4 is 11.5 Å². The van der Waals surface area contributed by atoms with Gasteiger partial charge in [0.15, 0.2) is 5.65 Å². The molecule has 7 nitrogen and oxygen atoms in total. The second-order valence-corrected chi connectivity index (χ2v) is 8.70. The first-order chi connectivity index (χ1) is 16.0. The molecule has 5 N–H and O–H groups in total. The lowest BCUT2D eigenvalue weighted by Crippen LogP contribution is -2.17. The topological polar surface area (TPSA) is 115 Å². The molecule has 4 aromatic rings. The number of hydrogen-bond donors (Lipinski definition) is 3. The smallest absolute Gasteiger partial charge is 0.227 e. The van der Waals surface area contributed by atoms with E-state index in [4.69, 9.17) is 23.1 Å². The number of hydrogen-bond acceptors (Lipinski definition) is 6. The van der Waals surface area contributed by atoms with Gasteiger partial charge in [-0.05, 0) is 68.2 Å². The van der Waals surface area contributed by atoms with E-state index in [0.29, 0.717) is 38.9 Å². The highest BCUT2D eigenvalue weighted by atomic mass is 35.5. The first kappa shape index (κ1) is 23.6. The Hall–Kier alpha value is -3.58. The summed E-state index contributed by atoms with van der Waals surface area (Å²) < 4.78 is 29.0. The third-order valence-electron chi connectivity index (χ3n) is 4.97. The molecule has 1 atom stereocenters. The van der Waals surface area contributed by atoms with Crippen molar-refractivity contribution in [2.45, 2.75) is 31.9 Å².